The molecule has 0 aliphatic rings. The first-order valence-electron chi connectivity index (χ1n) is 0.500. The van der Waals surface area contributed by atoms with Gasteiger partial charge >= 0.3 is 59.1 Å². The first-order chi connectivity index (χ1) is 1.91. The molecule has 0 atom stereocenters. The normalized spacial score (nSPS) is 5.00. The van der Waals surface area contributed by atoms with Crippen molar-refractivity contribution in [2.45, 2.75) is 0 Å². The summed E-state index contributed by atoms with van der Waals surface area (Å²) in [6.45, 7) is 0. The minimum absolute atomic E-state index is 0. The van der Waals surface area contributed by atoms with Gasteiger partial charge in [-0.2, -0.15) is 0 Å². The van der Waals surface area contributed by atoms with Crippen molar-refractivity contribution in [2.75, 3.05) is 0 Å². The Bertz CT molecular complexity index is 7.51. The monoisotopic (exact) mass is 174 g/mol. The van der Waals surface area contributed by atoms with E-state index in [2.05, 4.69) is 23.3 Å². The maximum absolute atomic E-state index is 4.33. The molecule has 0 saturated carbocycles. The molecule has 6 heteroatoms. The van der Waals surface area contributed by atoms with Crippen LogP contribution in [-0.4, -0.2) is 0 Å². The van der Waals surface area contributed by atoms with Crippen LogP contribution in [0.1, 0.15) is 0 Å². The molecule has 26 valence electrons. The summed E-state index contributed by atoms with van der Waals surface area (Å²) in [5.74, 6) is 0. The van der Waals surface area contributed by atoms with Gasteiger partial charge in [-0.3, -0.25) is 19.7 Å². The Kier molecular flexibility index (Phi) is 42.6. The fraction of sp³-hybridized carbons (Fsp3) is 0. The van der Waals surface area contributed by atoms with Gasteiger partial charge in [0.2, 0.25) is 0 Å². The van der Waals surface area contributed by atoms with E-state index in [0.717, 1.165) is 0 Å². The third-order valence-electron chi connectivity index (χ3n) is 0.0278. The minimum Gasteiger partial charge on any atom is -0.709 e. The van der Waals surface area contributed by atoms with Gasteiger partial charge in [-0.15, -0.1) is 0 Å². The van der Waals surface area contributed by atoms with Crippen LogP contribution in [0.25, 0.3) is 0 Å². The number of hydrogen-bond donors (Lipinski definition) is 0. The average molecular weight is 174 g/mol. The van der Waals surface area contributed by atoms with Crippen LogP contribution in [0.3, 0.4) is 0 Å². The Morgan fingerprint density at radius 3 is 1.00 bits per heavy atom. The molecular formula is Na2S4. The zero-order valence-corrected chi connectivity index (χ0v) is 10.9. The van der Waals surface area contributed by atoms with Gasteiger partial charge in [0.25, 0.3) is 0 Å². The van der Waals surface area contributed by atoms with E-state index in [9.17, 15) is 0 Å². The molecule has 0 spiro atoms. The van der Waals surface area contributed by atoms with Crippen LogP contribution in [0.4, 0.5) is 0 Å². The van der Waals surface area contributed by atoms with Gasteiger partial charge < -0.3 is 23.3 Å². The summed E-state index contributed by atoms with van der Waals surface area (Å²) < 4.78 is 0. The van der Waals surface area contributed by atoms with Gasteiger partial charge in [-0.25, -0.2) is 0 Å². The molecule has 0 nitrogen and oxygen atoms in total. The van der Waals surface area contributed by atoms with Crippen LogP contribution in [-0.2, 0) is 23.3 Å². The molecule has 0 amide bonds. The van der Waals surface area contributed by atoms with Crippen LogP contribution >= 0.6 is 19.7 Å². The topological polar surface area (TPSA) is 0 Å². The molecule has 0 radical (unpaired) electrons. The van der Waals surface area contributed by atoms with Crippen molar-refractivity contribution >= 4 is 43.0 Å². The second-order valence-electron chi connectivity index (χ2n) is 0.136. The molecule has 0 rings (SSSR count). The summed E-state index contributed by atoms with van der Waals surface area (Å²) >= 11 is 8.66. The summed E-state index contributed by atoms with van der Waals surface area (Å²) in [5.41, 5.74) is 0. The molecule has 0 aromatic rings. The van der Waals surface area contributed by atoms with Crippen molar-refractivity contribution < 1.29 is 59.1 Å². The van der Waals surface area contributed by atoms with E-state index in [1.54, 1.807) is 0 Å². The maximum atomic E-state index is 4.33. The summed E-state index contributed by atoms with van der Waals surface area (Å²) in [7, 11) is 2.34. The smallest absolute Gasteiger partial charge is 0.709 e. The molecular weight excluding hydrogens is 174 g/mol. The Balaban J connectivity index is -0.0000000450. The van der Waals surface area contributed by atoms with Crippen LogP contribution in [0.2, 0.25) is 0 Å². The molecule has 0 aromatic carbocycles. The average Bonchev–Trinajstić information content (AvgIpc) is 1.37. The van der Waals surface area contributed by atoms with E-state index in [1.165, 1.54) is 19.7 Å². The molecule has 0 bridgehead atoms. The van der Waals surface area contributed by atoms with Gasteiger partial charge in [0, 0.05) is 0 Å². The Labute approximate surface area is 100.0 Å². The molecule has 0 aliphatic carbocycles. The van der Waals surface area contributed by atoms with E-state index in [0.29, 0.717) is 0 Å². The molecule has 0 saturated heterocycles. The molecule has 0 heterocycles. The fourth-order valence-corrected chi connectivity index (χ4v) is 0. The molecule has 0 aliphatic heterocycles. The van der Waals surface area contributed by atoms with E-state index in [1.807, 2.05) is 0 Å². The summed E-state index contributed by atoms with van der Waals surface area (Å²) in [5, 5.41) is 0. The Morgan fingerprint density at radius 1 is 0.833 bits per heavy atom. The first-order valence-corrected chi connectivity index (χ1v) is 4.50. The van der Waals surface area contributed by atoms with Gasteiger partial charge in [-0.05, 0) is 0 Å². The quantitative estimate of drug-likeness (QED) is 0.222. The molecule has 0 N–H and O–H groups in total. The number of rotatable bonds is 1. The van der Waals surface area contributed by atoms with Crippen LogP contribution in [0, 0.1) is 0 Å². The minimum atomic E-state index is 0. The van der Waals surface area contributed by atoms with E-state index >= 15 is 0 Å². The third-order valence-corrected chi connectivity index (χ3v) is 2.25. The van der Waals surface area contributed by atoms with Crippen molar-refractivity contribution in [3.05, 3.63) is 0 Å². The van der Waals surface area contributed by atoms with E-state index in [4.69, 9.17) is 0 Å². The first kappa shape index (κ1) is 16.2. The molecule has 0 fully saturated rings. The van der Waals surface area contributed by atoms with Crippen molar-refractivity contribution in [3.8, 4) is 0 Å². The second kappa shape index (κ2) is 15.8. The zero-order valence-electron chi connectivity index (χ0n) is 3.63. The summed E-state index contributed by atoms with van der Waals surface area (Å²) in [6, 6.07) is 0. The molecule has 0 unspecified atom stereocenters. The predicted octanol–water partition coefficient (Wildman–Crippen LogP) is -4.70. The van der Waals surface area contributed by atoms with Crippen molar-refractivity contribution in [3.63, 3.8) is 0 Å². The SMILES string of the molecule is [Na+].[Na+].[S-]SS[S-]. The van der Waals surface area contributed by atoms with Gasteiger partial charge in [-0.1, -0.05) is 0 Å². The molecule has 0 aromatic heterocycles. The van der Waals surface area contributed by atoms with Gasteiger partial charge in [0.05, 0.1) is 0 Å². The van der Waals surface area contributed by atoms with Gasteiger partial charge in [0.1, 0.15) is 0 Å². The van der Waals surface area contributed by atoms with Gasteiger partial charge in [0.15, 0.2) is 0 Å². The van der Waals surface area contributed by atoms with Crippen molar-refractivity contribution in [2.24, 2.45) is 0 Å². The van der Waals surface area contributed by atoms with E-state index in [-0.39, 0.29) is 59.1 Å². The second-order valence-corrected chi connectivity index (χ2v) is 3.67. The predicted molar refractivity (Wildman–Crippen MR) is 29.9 cm³/mol. The zero-order chi connectivity index (χ0) is 3.41. The molecule has 6 heavy (non-hydrogen) atoms. The largest absolute Gasteiger partial charge is 1.00 e. The summed E-state index contributed by atoms with van der Waals surface area (Å²) in [4.78, 5) is 0. The Hall–Kier alpha value is 3.40. The van der Waals surface area contributed by atoms with Crippen LogP contribution < -0.4 is 59.1 Å². The van der Waals surface area contributed by atoms with Crippen LogP contribution in [0.15, 0.2) is 0 Å². The third kappa shape index (κ3) is 15.7. The Morgan fingerprint density at radius 2 is 1.00 bits per heavy atom. The van der Waals surface area contributed by atoms with Crippen LogP contribution in [0.5, 0.6) is 0 Å². The maximum Gasteiger partial charge on any atom is 1.00 e. The van der Waals surface area contributed by atoms with Crippen molar-refractivity contribution in [1.29, 1.82) is 0 Å². The number of hydrogen-bond acceptors (Lipinski definition) is 4. The fourth-order valence-electron chi connectivity index (χ4n) is 0. The van der Waals surface area contributed by atoms with E-state index < -0.39 is 0 Å². The van der Waals surface area contributed by atoms with Crippen molar-refractivity contribution in [1.82, 2.24) is 0 Å². The summed E-state index contributed by atoms with van der Waals surface area (Å²) in [6.07, 6.45) is 0. The standard InChI is InChI=1S/2Na.H2S4/c;;1-3-4-2/h;;1-2H/q2*+1;/p-2.